The van der Waals surface area contributed by atoms with Crippen LogP contribution in [-0.4, -0.2) is 53.6 Å². The van der Waals surface area contributed by atoms with Gasteiger partial charge in [-0.05, 0) is 52.4 Å². The van der Waals surface area contributed by atoms with Crippen molar-refractivity contribution in [3.8, 4) is 0 Å². The average molecular weight is 370 g/mol. The normalized spacial score (nSPS) is 22.8. The maximum atomic E-state index is 13.0. The highest BCUT2D eigenvalue weighted by molar-refractivity contribution is 5.93. The molecule has 1 N–H and O–H groups in total. The van der Waals surface area contributed by atoms with E-state index in [0.717, 1.165) is 32.1 Å². The third kappa shape index (κ3) is 5.42. The number of Topliss-reactive ketones (excluding diaryl/α,β-unsaturated/α-hetero) is 1. The lowest BCUT2D eigenvalue weighted by molar-refractivity contribution is -0.132. The Labute approximate surface area is 154 Å². The number of ether oxygens (including phenoxy) is 1. The van der Waals surface area contributed by atoms with Crippen LogP contribution in [0.5, 0.6) is 0 Å². The third-order valence-corrected chi connectivity index (χ3v) is 5.08. The summed E-state index contributed by atoms with van der Waals surface area (Å²) < 4.78 is 18.4. The van der Waals surface area contributed by atoms with E-state index in [1.165, 1.54) is 4.90 Å². The predicted molar refractivity (Wildman–Crippen MR) is 95.4 cm³/mol. The number of halogens is 1. The van der Waals surface area contributed by atoms with Crippen LogP contribution in [0.3, 0.4) is 0 Å². The molecule has 0 bridgehead atoms. The van der Waals surface area contributed by atoms with Crippen molar-refractivity contribution in [3.63, 3.8) is 0 Å². The third-order valence-electron chi connectivity index (χ3n) is 5.08. The molecule has 0 aromatic heterocycles. The van der Waals surface area contributed by atoms with E-state index in [1.807, 2.05) is 0 Å². The van der Waals surface area contributed by atoms with Crippen LogP contribution in [0.1, 0.15) is 65.7 Å². The van der Waals surface area contributed by atoms with Crippen LogP contribution >= 0.6 is 0 Å². The van der Waals surface area contributed by atoms with Crippen molar-refractivity contribution in [1.29, 1.82) is 0 Å². The van der Waals surface area contributed by atoms with Crippen molar-refractivity contribution >= 4 is 17.8 Å². The minimum Gasteiger partial charge on any atom is -0.444 e. The monoisotopic (exact) mass is 370 g/mol. The molecule has 0 radical (unpaired) electrons. The van der Waals surface area contributed by atoms with Crippen LogP contribution in [0, 0.1) is 5.92 Å². The van der Waals surface area contributed by atoms with Gasteiger partial charge in [0.05, 0.1) is 6.04 Å². The summed E-state index contributed by atoms with van der Waals surface area (Å²) in [5, 5.41) is 2.75. The molecule has 0 aromatic rings. The van der Waals surface area contributed by atoms with E-state index in [1.54, 1.807) is 20.8 Å². The van der Waals surface area contributed by atoms with Crippen LogP contribution in [0.4, 0.5) is 9.18 Å². The van der Waals surface area contributed by atoms with E-state index in [9.17, 15) is 18.8 Å². The lowest BCUT2D eigenvalue weighted by atomic mass is 9.82. The Balaban J connectivity index is 2.04. The molecule has 1 unspecified atom stereocenters. The fourth-order valence-electron chi connectivity index (χ4n) is 3.84. The van der Waals surface area contributed by atoms with Crippen LogP contribution in [-0.2, 0) is 14.3 Å². The molecule has 6 nitrogen and oxygen atoms in total. The van der Waals surface area contributed by atoms with Gasteiger partial charge >= 0.3 is 6.09 Å². The number of rotatable bonds is 5. The summed E-state index contributed by atoms with van der Waals surface area (Å²) in [4.78, 5) is 38.6. The minimum atomic E-state index is -1.08. The SMILES string of the molecule is CC(C)(C)OC(=O)N1CCC[C@H]1C(=O)NC(C(=O)CF)C1CCCCC1. The quantitative estimate of drug-likeness (QED) is 0.807. The molecule has 2 amide bonds. The molecule has 1 aliphatic carbocycles. The molecule has 2 atom stereocenters. The Morgan fingerprint density at radius 3 is 2.35 bits per heavy atom. The van der Waals surface area contributed by atoms with Gasteiger partial charge in [0.2, 0.25) is 5.91 Å². The highest BCUT2D eigenvalue weighted by Crippen LogP contribution is 2.28. The molecular formula is C19H31FN2O4. The molecule has 2 fully saturated rings. The van der Waals surface area contributed by atoms with Gasteiger partial charge in [-0.15, -0.1) is 0 Å². The number of hydrogen-bond acceptors (Lipinski definition) is 4. The standard InChI is InChI=1S/C19H31FN2O4/c1-19(2,3)26-18(25)22-11-7-10-14(22)17(24)21-16(15(23)12-20)13-8-5-4-6-9-13/h13-14,16H,4-12H2,1-3H3,(H,21,24)/t14-,16?/m0/s1. The van der Waals surface area contributed by atoms with Gasteiger partial charge in [0.15, 0.2) is 5.78 Å². The van der Waals surface area contributed by atoms with E-state index < -0.39 is 36.2 Å². The second-order valence-corrected chi connectivity index (χ2v) is 8.32. The van der Waals surface area contributed by atoms with Gasteiger partial charge in [-0.1, -0.05) is 19.3 Å². The van der Waals surface area contributed by atoms with Crippen molar-refractivity contribution in [1.82, 2.24) is 10.2 Å². The lowest BCUT2D eigenvalue weighted by Crippen LogP contribution is -2.54. The molecule has 2 rings (SSSR count). The molecule has 1 heterocycles. The molecule has 1 aliphatic heterocycles. The fraction of sp³-hybridized carbons (Fsp3) is 0.842. The van der Waals surface area contributed by atoms with E-state index >= 15 is 0 Å². The molecule has 2 aliphatic rings. The molecule has 1 saturated carbocycles. The number of carbonyl (C=O) groups excluding carboxylic acids is 3. The van der Waals surface area contributed by atoms with Gasteiger partial charge < -0.3 is 10.1 Å². The largest absolute Gasteiger partial charge is 0.444 e. The Kier molecular flexibility index (Phi) is 7.01. The van der Waals surface area contributed by atoms with Crippen LogP contribution < -0.4 is 5.32 Å². The molecular weight excluding hydrogens is 339 g/mol. The number of amides is 2. The molecule has 0 spiro atoms. The molecule has 1 saturated heterocycles. The Morgan fingerprint density at radius 2 is 1.77 bits per heavy atom. The van der Waals surface area contributed by atoms with Crippen molar-refractivity contribution in [3.05, 3.63) is 0 Å². The highest BCUT2D eigenvalue weighted by atomic mass is 19.1. The van der Waals surface area contributed by atoms with Gasteiger partial charge in [0.1, 0.15) is 18.3 Å². The van der Waals surface area contributed by atoms with Gasteiger partial charge in [-0.2, -0.15) is 0 Å². The van der Waals surface area contributed by atoms with Crippen molar-refractivity contribution in [2.75, 3.05) is 13.2 Å². The zero-order valence-corrected chi connectivity index (χ0v) is 16.1. The summed E-state index contributed by atoms with van der Waals surface area (Å²) in [5.74, 6) is -0.981. The first-order chi connectivity index (χ1) is 12.2. The molecule has 0 aromatic carbocycles. The van der Waals surface area contributed by atoms with Crippen molar-refractivity contribution in [2.24, 2.45) is 5.92 Å². The number of nitrogens with one attached hydrogen (secondary N) is 1. The Hall–Kier alpha value is -1.66. The highest BCUT2D eigenvalue weighted by Gasteiger charge is 2.39. The summed E-state index contributed by atoms with van der Waals surface area (Å²) in [5.41, 5.74) is -0.643. The zero-order valence-electron chi connectivity index (χ0n) is 16.1. The molecule has 7 heteroatoms. The van der Waals surface area contributed by atoms with Crippen LogP contribution in [0.15, 0.2) is 0 Å². The van der Waals surface area contributed by atoms with Gasteiger partial charge in [0.25, 0.3) is 0 Å². The molecule has 148 valence electrons. The zero-order chi connectivity index (χ0) is 19.3. The number of alkyl halides is 1. The maximum absolute atomic E-state index is 13.0. The van der Waals surface area contributed by atoms with Crippen molar-refractivity contribution < 1.29 is 23.5 Å². The summed E-state index contributed by atoms with van der Waals surface area (Å²) in [6.45, 7) is 4.68. The fourth-order valence-corrected chi connectivity index (χ4v) is 3.84. The smallest absolute Gasteiger partial charge is 0.410 e. The second-order valence-electron chi connectivity index (χ2n) is 8.32. The summed E-state index contributed by atoms with van der Waals surface area (Å²) in [7, 11) is 0. The van der Waals surface area contributed by atoms with Gasteiger partial charge in [0, 0.05) is 6.54 Å². The van der Waals surface area contributed by atoms with Crippen LogP contribution in [0.25, 0.3) is 0 Å². The first-order valence-electron chi connectivity index (χ1n) is 9.61. The number of likely N-dealkylation sites (tertiary alicyclic amines) is 1. The van der Waals surface area contributed by atoms with Gasteiger partial charge in [-0.25, -0.2) is 9.18 Å². The number of hydrogen-bond donors (Lipinski definition) is 1. The second kappa shape index (κ2) is 8.82. The number of ketones is 1. The maximum Gasteiger partial charge on any atom is 0.410 e. The van der Waals surface area contributed by atoms with E-state index in [-0.39, 0.29) is 11.8 Å². The minimum absolute atomic E-state index is 0.0210. The number of carbonyl (C=O) groups is 3. The topological polar surface area (TPSA) is 75.7 Å². The summed E-state index contributed by atoms with van der Waals surface area (Å²) in [6, 6.07) is -1.46. The van der Waals surface area contributed by atoms with Crippen molar-refractivity contribution in [2.45, 2.75) is 83.4 Å². The number of nitrogens with zero attached hydrogens (tertiary/aromatic N) is 1. The Morgan fingerprint density at radius 1 is 1.12 bits per heavy atom. The van der Waals surface area contributed by atoms with E-state index in [2.05, 4.69) is 5.32 Å². The summed E-state index contributed by atoms with van der Waals surface area (Å²) in [6.07, 6.45) is 5.41. The lowest BCUT2D eigenvalue weighted by Gasteiger charge is -2.32. The van der Waals surface area contributed by atoms with E-state index in [4.69, 9.17) is 4.74 Å². The predicted octanol–water partition coefficient (Wildman–Crippen LogP) is 2.99. The summed E-state index contributed by atoms with van der Waals surface area (Å²) >= 11 is 0. The van der Waals surface area contributed by atoms with Gasteiger partial charge in [-0.3, -0.25) is 14.5 Å². The molecule has 26 heavy (non-hydrogen) atoms. The average Bonchev–Trinajstić information content (AvgIpc) is 3.08. The van der Waals surface area contributed by atoms with E-state index in [0.29, 0.717) is 19.4 Å². The first kappa shape index (κ1) is 20.6. The van der Waals surface area contributed by atoms with Crippen LogP contribution in [0.2, 0.25) is 0 Å². The first-order valence-corrected chi connectivity index (χ1v) is 9.61. The Bertz CT molecular complexity index is 526.